The lowest BCUT2D eigenvalue weighted by molar-refractivity contribution is 0.115. The maximum Gasteiger partial charge on any atom is 0.132 e. The Bertz CT molecular complexity index is 322. The van der Waals surface area contributed by atoms with Crippen LogP contribution in [0.3, 0.4) is 0 Å². The van der Waals surface area contributed by atoms with Gasteiger partial charge in [0.2, 0.25) is 0 Å². The summed E-state index contributed by atoms with van der Waals surface area (Å²) in [5.41, 5.74) is 1.58. The van der Waals surface area contributed by atoms with E-state index in [4.69, 9.17) is 11.6 Å². The van der Waals surface area contributed by atoms with Crippen molar-refractivity contribution < 1.29 is 5.11 Å². The second-order valence-electron chi connectivity index (χ2n) is 3.74. The number of aliphatic hydroxyl groups excluding tert-OH is 1. The molecule has 0 aliphatic rings. The van der Waals surface area contributed by atoms with Gasteiger partial charge < -0.3 is 5.11 Å². The highest BCUT2D eigenvalue weighted by Gasteiger charge is 2.23. The van der Waals surface area contributed by atoms with Gasteiger partial charge in [0.15, 0.2) is 0 Å². The van der Waals surface area contributed by atoms with Crippen LogP contribution >= 0.6 is 11.6 Å². The van der Waals surface area contributed by atoms with Crippen LogP contribution in [0.1, 0.15) is 37.6 Å². The molecule has 0 bridgehead atoms. The van der Waals surface area contributed by atoms with Gasteiger partial charge in [-0.3, -0.25) is 4.68 Å². The van der Waals surface area contributed by atoms with Crippen LogP contribution in [0.5, 0.6) is 0 Å². The monoisotopic (exact) mass is 216 g/mol. The Hall–Kier alpha value is -0.540. The van der Waals surface area contributed by atoms with Crippen molar-refractivity contribution in [3.63, 3.8) is 0 Å². The Balaban J connectivity index is 3.05. The number of rotatable bonds is 3. The molecule has 0 radical (unpaired) electrons. The average Bonchev–Trinajstić information content (AvgIpc) is 2.39. The predicted octanol–water partition coefficient (Wildman–Crippen LogP) is 2.46. The first kappa shape index (κ1) is 11.5. The Kier molecular flexibility index (Phi) is 3.56. The van der Waals surface area contributed by atoms with Gasteiger partial charge in [-0.1, -0.05) is 31.9 Å². The second kappa shape index (κ2) is 4.32. The van der Waals surface area contributed by atoms with Crippen LogP contribution in [0.4, 0.5) is 0 Å². The lowest BCUT2D eigenvalue weighted by Crippen LogP contribution is -2.09. The number of halogens is 1. The van der Waals surface area contributed by atoms with Crippen LogP contribution in [0.2, 0.25) is 5.15 Å². The Morgan fingerprint density at radius 2 is 2.14 bits per heavy atom. The number of nitrogens with zero attached hydrogens (tertiary/aromatic N) is 2. The number of hydrogen-bond acceptors (Lipinski definition) is 2. The van der Waals surface area contributed by atoms with Crippen molar-refractivity contribution in [3.8, 4) is 0 Å². The van der Waals surface area contributed by atoms with Gasteiger partial charge >= 0.3 is 0 Å². The topological polar surface area (TPSA) is 38.1 Å². The van der Waals surface area contributed by atoms with E-state index >= 15 is 0 Å². The maximum absolute atomic E-state index is 10.0. The van der Waals surface area contributed by atoms with E-state index in [0.717, 1.165) is 17.7 Å². The summed E-state index contributed by atoms with van der Waals surface area (Å²) in [5, 5.41) is 14.7. The zero-order valence-corrected chi connectivity index (χ0v) is 9.84. The van der Waals surface area contributed by atoms with Crippen molar-refractivity contribution in [2.24, 2.45) is 13.0 Å². The van der Waals surface area contributed by atoms with Crippen LogP contribution in [0, 0.1) is 12.8 Å². The Labute approximate surface area is 89.7 Å². The highest BCUT2D eigenvalue weighted by atomic mass is 35.5. The second-order valence-corrected chi connectivity index (χ2v) is 4.10. The molecule has 0 saturated carbocycles. The molecule has 14 heavy (non-hydrogen) atoms. The fraction of sp³-hybridized carbons (Fsp3) is 0.700. The number of hydrogen-bond donors (Lipinski definition) is 1. The van der Waals surface area contributed by atoms with Crippen LogP contribution in [0.15, 0.2) is 0 Å². The number of aryl methyl sites for hydroxylation is 2. The number of aromatic nitrogens is 2. The smallest absolute Gasteiger partial charge is 0.132 e. The van der Waals surface area contributed by atoms with Gasteiger partial charge in [-0.25, -0.2) is 0 Å². The third-order valence-electron chi connectivity index (χ3n) is 2.67. The summed E-state index contributed by atoms with van der Waals surface area (Å²) in [6.45, 7) is 5.92. The van der Waals surface area contributed by atoms with E-state index in [1.807, 2.05) is 20.8 Å². The van der Waals surface area contributed by atoms with Crippen LogP contribution in [0.25, 0.3) is 0 Å². The standard InChI is InChI=1S/C10H17ClN2O/c1-5-6(2)9(14)8-7(3)12-13(4)10(8)11/h6,9,14H,5H2,1-4H3. The molecule has 2 atom stereocenters. The molecule has 0 spiro atoms. The first-order valence-electron chi connectivity index (χ1n) is 4.86. The third-order valence-corrected chi connectivity index (χ3v) is 3.12. The summed E-state index contributed by atoms with van der Waals surface area (Å²) in [6.07, 6.45) is 0.410. The average molecular weight is 217 g/mol. The largest absolute Gasteiger partial charge is 0.388 e. The SMILES string of the molecule is CCC(C)C(O)c1c(C)nn(C)c1Cl. The minimum Gasteiger partial charge on any atom is -0.388 e. The molecule has 2 unspecified atom stereocenters. The van der Waals surface area contributed by atoms with Crippen LogP contribution in [-0.4, -0.2) is 14.9 Å². The van der Waals surface area contributed by atoms with Crippen molar-refractivity contribution in [1.82, 2.24) is 9.78 Å². The van der Waals surface area contributed by atoms with Gasteiger partial charge in [0.25, 0.3) is 0 Å². The molecule has 1 heterocycles. The van der Waals surface area contributed by atoms with Crippen molar-refractivity contribution in [2.75, 3.05) is 0 Å². The fourth-order valence-electron chi connectivity index (χ4n) is 1.49. The molecule has 3 nitrogen and oxygen atoms in total. The summed E-state index contributed by atoms with van der Waals surface area (Å²) in [6, 6.07) is 0. The Morgan fingerprint density at radius 1 is 1.57 bits per heavy atom. The molecular weight excluding hydrogens is 200 g/mol. The summed E-state index contributed by atoms with van der Waals surface area (Å²) in [5.74, 6) is 0.204. The fourth-order valence-corrected chi connectivity index (χ4v) is 1.78. The van der Waals surface area contributed by atoms with Gasteiger partial charge in [-0.15, -0.1) is 0 Å². The molecule has 1 aromatic rings. The molecule has 1 rings (SSSR count). The molecule has 4 heteroatoms. The van der Waals surface area contributed by atoms with Crippen molar-refractivity contribution >= 4 is 11.6 Å². The van der Waals surface area contributed by atoms with Crippen LogP contribution in [-0.2, 0) is 7.05 Å². The minimum absolute atomic E-state index is 0.204. The Morgan fingerprint density at radius 3 is 2.50 bits per heavy atom. The van der Waals surface area contributed by atoms with E-state index in [-0.39, 0.29) is 5.92 Å². The first-order chi connectivity index (χ1) is 6.49. The van der Waals surface area contributed by atoms with Gasteiger partial charge in [0.05, 0.1) is 11.8 Å². The van der Waals surface area contributed by atoms with E-state index in [1.54, 1.807) is 11.7 Å². The lowest BCUT2D eigenvalue weighted by atomic mass is 9.96. The summed E-state index contributed by atoms with van der Waals surface area (Å²) < 4.78 is 1.60. The van der Waals surface area contributed by atoms with Crippen molar-refractivity contribution in [1.29, 1.82) is 0 Å². The van der Waals surface area contributed by atoms with E-state index < -0.39 is 6.10 Å². The van der Waals surface area contributed by atoms with Gasteiger partial charge in [-0.2, -0.15) is 5.10 Å². The zero-order chi connectivity index (χ0) is 10.9. The van der Waals surface area contributed by atoms with Crippen LogP contribution < -0.4 is 0 Å². The molecule has 0 amide bonds. The normalized spacial score (nSPS) is 15.6. The molecule has 0 aliphatic carbocycles. The van der Waals surface area contributed by atoms with Crippen molar-refractivity contribution in [2.45, 2.75) is 33.3 Å². The molecule has 0 fully saturated rings. The summed E-state index contributed by atoms with van der Waals surface area (Å²) in [4.78, 5) is 0. The predicted molar refractivity (Wildman–Crippen MR) is 57.4 cm³/mol. The maximum atomic E-state index is 10.0. The number of aliphatic hydroxyl groups is 1. The molecular formula is C10H17ClN2O. The highest BCUT2D eigenvalue weighted by molar-refractivity contribution is 6.30. The molecule has 1 aromatic heterocycles. The van der Waals surface area contributed by atoms with Gasteiger partial charge in [0, 0.05) is 12.6 Å². The first-order valence-corrected chi connectivity index (χ1v) is 5.23. The molecule has 0 saturated heterocycles. The minimum atomic E-state index is -0.513. The van der Waals surface area contributed by atoms with E-state index in [2.05, 4.69) is 5.10 Å². The highest BCUT2D eigenvalue weighted by Crippen LogP contribution is 2.31. The molecule has 1 N–H and O–H groups in total. The summed E-state index contributed by atoms with van der Waals surface area (Å²) in [7, 11) is 1.78. The molecule has 80 valence electrons. The van der Waals surface area contributed by atoms with E-state index in [9.17, 15) is 5.11 Å². The molecule has 0 aliphatic heterocycles. The van der Waals surface area contributed by atoms with Gasteiger partial charge in [0.1, 0.15) is 5.15 Å². The van der Waals surface area contributed by atoms with Crippen molar-refractivity contribution in [3.05, 3.63) is 16.4 Å². The van der Waals surface area contributed by atoms with Gasteiger partial charge in [-0.05, 0) is 12.8 Å². The summed E-state index contributed by atoms with van der Waals surface area (Å²) >= 11 is 6.05. The quantitative estimate of drug-likeness (QED) is 0.843. The molecule has 0 aromatic carbocycles. The van der Waals surface area contributed by atoms with E-state index in [0.29, 0.717) is 5.15 Å². The lowest BCUT2D eigenvalue weighted by Gasteiger charge is -2.16. The zero-order valence-electron chi connectivity index (χ0n) is 9.08. The third kappa shape index (κ3) is 1.93. The van der Waals surface area contributed by atoms with E-state index in [1.165, 1.54) is 0 Å².